The van der Waals surface area contributed by atoms with Crippen LogP contribution in [0.5, 0.6) is 0 Å². The van der Waals surface area contributed by atoms with E-state index in [1.807, 2.05) is 30.3 Å². The number of amides is 1. The van der Waals surface area contributed by atoms with Gasteiger partial charge in [-0.3, -0.25) is 4.79 Å². The summed E-state index contributed by atoms with van der Waals surface area (Å²) in [5, 5.41) is 6.42. The minimum Gasteiger partial charge on any atom is -0.469 e. The third kappa shape index (κ3) is 3.34. The largest absolute Gasteiger partial charge is 0.469 e. The topological polar surface area (TPSA) is 54.3 Å². The van der Waals surface area contributed by atoms with Gasteiger partial charge in [0.15, 0.2) is 0 Å². The van der Waals surface area contributed by atoms with Crippen LogP contribution in [0.4, 0.5) is 5.69 Å². The maximum absolute atomic E-state index is 12.3. The average molecular weight is 284 g/mol. The molecule has 1 amide bonds. The lowest BCUT2D eigenvalue weighted by atomic mass is 10.0. The highest BCUT2D eigenvalue weighted by Crippen LogP contribution is 2.21. The second-order valence-electron chi connectivity index (χ2n) is 5.59. The lowest BCUT2D eigenvalue weighted by Gasteiger charge is -2.20. The summed E-state index contributed by atoms with van der Waals surface area (Å²) in [6.07, 6.45) is 4.17. The first kappa shape index (κ1) is 13.9. The van der Waals surface area contributed by atoms with Gasteiger partial charge in [0.1, 0.15) is 5.76 Å². The van der Waals surface area contributed by atoms with Crippen LogP contribution in [-0.2, 0) is 17.6 Å². The Morgan fingerprint density at radius 1 is 1.33 bits per heavy atom. The van der Waals surface area contributed by atoms with Gasteiger partial charge in [-0.25, -0.2) is 0 Å². The SMILES string of the molecule is CC(Cc1ccco1)NC1CCc2ccccc2NC1=O. The molecule has 2 atom stereocenters. The number of hydrogen-bond donors (Lipinski definition) is 2. The molecule has 110 valence electrons. The Hall–Kier alpha value is -2.07. The van der Waals surface area contributed by atoms with Crippen LogP contribution in [0.1, 0.15) is 24.7 Å². The Bertz CT molecular complexity index is 607. The third-order valence-electron chi connectivity index (χ3n) is 3.87. The van der Waals surface area contributed by atoms with Crippen molar-refractivity contribution < 1.29 is 9.21 Å². The molecule has 2 unspecified atom stereocenters. The van der Waals surface area contributed by atoms with Crippen molar-refractivity contribution in [3.05, 3.63) is 54.0 Å². The second kappa shape index (κ2) is 6.14. The van der Waals surface area contributed by atoms with E-state index in [0.717, 1.165) is 30.7 Å². The summed E-state index contributed by atoms with van der Waals surface area (Å²) < 4.78 is 5.35. The zero-order chi connectivity index (χ0) is 14.7. The van der Waals surface area contributed by atoms with Crippen LogP contribution in [-0.4, -0.2) is 18.0 Å². The minimum absolute atomic E-state index is 0.0474. The molecule has 21 heavy (non-hydrogen) atoms. The van der Waals surface area contributed by atoms with E-state index in [9.17, 15) is 4.79 Å². The first-order valence-corrected chi connectivity index (χ1v) is 7.39. The monoisotopic (exact) mass is 284 g/mol. The standard InChI is InChI=1S/C17H20N2O2/c1-12(11-14-6-4-10-21-14)18-16-9-8-13-5-2-3-7-15(13)19-17(16)20/h2-7,10,12,16,18H,8-9,11H2,1H3,(H,19,20). The highest BCUT2D eigenvalue weighted by Gasteiger charge is 2.24. The van der Waals surface area contributed by atoms with Gasteiger partial charge in [0.05, 0.1) is 12.3 Å². The number of nitrogens with one attached hydrogen (secondary N) is 2. The Morgan fingerprint density at radius 3 is 3.00 bits per heavy atom. The highest BCUT2D eigenvalue weighted by molar-refractivity contribution is 5.96. The van der Waals surface area contributed by atoms with Crippen LogP contribution in [0.2, 0.25) is 0 Å². The molecule has 0 aliphatic carbocycles. The van der Waals surface area contributed by atoms with Crippen LogP contribution in [0, 0.1) is 0 Å². The van der Waals surface area contributed by atoms with Crippen LogP contribution < -0.4 is 10.6 Å². The number of carbonyl (C=O) groups is 1. The predicted octanol–water partition coefficient (Wildman–Crippen LogP) is 2.75. The molecule has 0 fully saturated rings. The molecule has 2 aromatic rings. The molecule has 1 aromatic carbocycles. The van der Waals surface area contributed by atoms with E-state index in [1.165, 1.54) is 5.56 Å². The Balaban J connectivity index is 1.63. The lowest BCUT2D eigenvalue weighted by Crippen LogP contribution is -2.45. The Kier molecular flexibility index (Phi) is 4.06. The predicted molar refractivity (Wildman–Crippen MR) is 82.2 cm³/mol. The van der Waals surface area contributed by atoms with Gasteiger partial charge >= 0.3 is 0 Å². The average Bonchev–Trinajstić information content (AvgIpc) is 2.91. The Morgan fingerprint density at radius 2 is 2.19 bits per heavy atom. The van der Waals surface area contributed by atoms with Crippen molar-refractivity contribution in [1.29, 1.82) is 0 Å². The van der Waals surface area contributed by atoms with Crippen LogP contribution in [0.15, 0.2) is 47.1 Å². The van der Waals surface area contributed by atoms with Crippen molar-refractivity contribution in [1.82, 2.24) is 5.32 Å². The van der Waals surface area contributed by atoms with Gasteiger partial charge in [-0.05, 0) is 43.5 Å². The molecule has 4 nitrogen and oxygen atoms in total. The number of anilines is 1. The van der Waals surface area contributed by atoms with E-state index in [0.29, 0.717) is 0 Å². The maximum Gasteiger partial charge on any atom is 0.241 e. The van der Waals surface area contributed by atoms with Crippen molar-refractivity contribution in [3.63, 3.8) is 0 Å². The Labute approximate surface area is 124 Å². The molecule has 1 aromatic heterocycles. The molecule has 0 saturated heterocycles. The summed E-state index contributed by atoms with van der Waals surface area (Å²) >= 11 is 0. The summed E-state index contributed by atoms with van der Waals surface area (Å²) in [5.74, 6) is 0.985. The van der Waals surface area contributed by atoms with Gasteiger partial charge < -0.3 is 15.1 Å². The fourth-order valence-electron chi connectivity index (χ4n) is 2.80. The summed E-state index contributed by atoms with van der Waals surface area (Å²) in [7, 11) is 0. The molecule has 2 N–H and O–H groups in total. The number of furan rings is 1. The number of fused-ring (bicyclic) bond motifs is 1. The van der Waals surface area contributed by atoms with Gasteiger partial charge in [-0.2, -0.15) is 0 Å². The summed E-state index contributed by atoms with van der Waals surface area (Å²) in [6.45, 7) is 2.08. The smallest absolute Gasteiger partial charge is 0.241 e. The first-order chi connectivity index (χ1) is 10.2. The van der Waals surface area contributed by atoms with Crippen LogP contribution in [0.25, 0.3) is 0 Å². The normalized spacial score (nSPS) is 19.5. The lowest BCUT2D eigenvalue weighted by molar-refractivity contribution is -0.118. The molecule has 0 bridgehead atoms. The van der Waals surface area contributed by atoms with Crippen LogP contribution in [0.3, 0.4) is 0 Å². The van der Waals surface area contributed by atoms with Crippen molar-refractivity contribution in [2.24, 2.45) is 0 Å². The van der Waals surface area contributed by atoms with Gasteiger partial charge in [-0.15, -0.1) is 0 Å². The minimum atomic E-state index is -0.164. The molecule has 0 saturated carbocycles. The zero-order valence-electron chi connectivity index (χ0n) is 12.1. The molecule has 3 rings (SSSR count). The number of para-hydroxylation sites is 1. The molecule has 4 heteroatoms. The van der Waals surface area contributed by atoms with Gasteiger partial charge in [0.2, 0.25) is 5.91 Å². The van der Waals surface area contributed by atoms with Gasteiger partial charge in [0, 0.05) is 18.2 Å². The number of rotatable bonds is 4. The first-order valence-electron chi connectivity index (χ1n) is 7.39. The van der Waals surface area contributed by atoms with Crippen molar-refractivity contribution in [2.75, 3.05) is 5.32 Å². The van der Waals surface area contributed by atoms with E-state index in [1.54, 1.807) is 6.26 Å². The van der Waals surface area contributed by atoms with Gasteiger partial charge in [0.25, 0.3) is 0 Å². The van der Waals surface area contributed by atoms with E-state index in [2.05, 4.69) is 23.6 Å². The second-order valence-corrected chi connectivity index (χ2v) is 5.59. The van der Waals surface area contributed by atoms with E-state index < -0.39 is 0 Å². The molecule has 0 spiro atoms. The van der Waals surface area contributed by atoms with E-state index in [-0.39, 0.29) is 18.0 Å². The zero-order valence-corrected chi connectivity index (χ0v) is 12.1. The molecular formula is C17H20N2O2. The fraction of sp³-hybridized carbons (Fsp3) is 0.353. The number of aryl methyl sites for hydroxylation is 1. The van der Waals surface area contributed by atoms with Crippen molar-refractivity contribution in [3.8, 4) is 0 Å². The summed E-state index contributed by atoms with van der Waals surface area (Å²) in [4.78, 5) is 12.3. The summed E-state index contributed by atoms with van der Waals surface area (Å²) in [5.41, 5.74) is 2.14. The van der Waals surface area contributed by atoms with E-state index in [4.69, 9.17) is 4.42 Å². The van der Waals surface area contributed by atoms with Crippen molar-refractivity contribution >= 4 is 11.6 Å². The third-order valence-corrected chi connectivity index (χ3v) is 3.87. The molecular weight excluding hydrogens is 264 g/mol. The number of hydrogen-bond acceptors (Lipinski definition) is 3. The number of carbonyl (C=O) groups excluding carboxylic acids is 1. The summed E-state index contributed by atoms with van der Waals surface area (Å²) in [6, 6.07) is 11.9. The van der Waals surface area contributed by atoms with Crippen molar-refractivity contribution in [2.45, 2.75) is 38.3 Å². The highest BCUT2D eigenvalue weighted by atomic mass is 16.3. The van der Waals surface area contributed by atoms with Gasteiger partial charge in [-0.1, -0.05) is 18.2 Å². The molecule has 1 aliphatic heterocycles. The molecule has 1 aliphatic rings. The quantitative estimate of drug-likeness (QED) is 0.907. The maximum atomic E-state index is 12.3. The fourth-order valence-corrected chi connectivity index (χ4v) is 2.80. The van der Waals surface area contributed by atoms with Crippen LogP contribution >= 0.6 is 0 Å². The molecule has 0 radical (unpaired) electrons. The van der Waals surface area contributed by atoms with E-state index >= 15 is 0 Å². The molecule has 2 heterocycles. The number of benzene rings is 1.